The highest BCUT2D eigenvalue weighted by atomic mass is 127. The summed E-state index contributed by atoms with van der Waals surface area (Å²) in [5, 5.41) is 19.0. The third-order valence-corrected chi connectivity index (χ3v) is 4.29. The van der Waals surface area contributed by atoms with Gasteiger partial charge in [0.2, 0.25) is 0 Å². The molecule has 1 amide bonds. The Morgan fingerprint density at radius 1 is 1.36 bits per heavy atom. The number of amides is 1. The summed E-state index contributed by atoms with van der Waals surface area (Å²) in [7, 11) is 1.63. The number of ether oxygens (including phenoxy) is 1. The molecule has 1 unspecified atom stereocenters. The van der Waals surface area contributed by atoms with Gasteiger partial charge in [-0.1, -0.05) is 12.1 Å². The Labute approximate surface area is 184 Å². The van der Waals surface area contributed by atoms with E-state index < -0.39 is 6.10 Å². The van der Waals surface area contributed by atoms with Crippen LogP contribution in [0.15, 0.2) is 29.3 Å². The Bertz CT molecular complexity index is 623. The summed E-state index contributed by atoms with van der Waals surface area (Å²) in [6, 6.07) is 7.58. The molecule has 1 atom stereocenters. The minimum absolute atomic E-state index is 0. The number of nitrogens with one attached hydrogen (secondary N) is 3. The molecule has 1 aromatic rings. The van der Waals surface area contributed by atoms with Gasteiger partial charge in [0, 0.05) is 32.3 Å². The number of carbonyl (C=O) groups is 1. The standard InChI is InChI=1S/C20H32N4O3.HI/c1-3-22-20(24-12-18(25)14-27-13-16-7-8-16)23-10-9-15-5-4-6-17(11-15)19(26)21-2;/h4-6,11,16,18,25H,3,7-10,12-14H2,1-2H3,(H,21,26)(H2,22,23,24);1H. The Morgan fingerprint density at radius 2 is 2.14 bits per heavy atom. The lowest BCUT2D eigenvalue weighted by atomic mass is 10.1. The van der Waals surface area contributed by atoms with Gasteiger partial charge in [-0.15, -0.1) is 24.0 Å². The van der Waals surface area contributed by atoms with Crippen molar-refractivity contribution in [3.63, 3.8) is 0 Å². The van der Waals surface area contributed by atoms with Gasteiger partial charge in [-0.3, -0.25) is 9.79 Å². The van der Waals surface area contributed by atoms with Crippen LogP contribution in [0.5, 0.6) is 0 Å². The summed E-state index contributed by atoms with van der Waals surface area (Å²) in [4.78, 5) is 16.1. The van der Waals surface area contributed by atoms with Gasteiger partial charge in [0.1, 0.15) is 0 Å². The molecule has 158 valence electrons. The molecule has 4 N–H and O–H groups in total. The maximum atomic E-state index is 11.7. The van der Waals surface area contributed by atoms with Crippen LogP contribution in [0.3, 0.4) is 0 Å². The number of carbonyl (C=O) groups excluding carboxylic acids is 1. The van der Waals surface area contributed by atoms with Crippen LogP contribution in [0, 0.1) is 5.92 Å². The highest BCUT2D eigenvalue weighted by Crippen LogP contribution is 2.28. The Hall–Kier alpha value is -1.39. The van der Waals surface area contributed by atoms with Crippen molar-refractivity contribution in [2.45, 2.75) is 32.3 Å². The minimum Gasteiger partial charge on any atom is -0.389 e. The summed E-state index contributed by atoms with van der Waals surface area (Å²) in [6.07, 6.45) is 2.66. The van der Waals surface area contributed by atoms with E-state index in [1.54, 1.807) is 13.1 Å². The van der Waals surface area contributed by atoms with E-state index in [2.05, 4.69) is 20.9 Å². The average molecular weight is 504 g/mol. The number of guanidine groups is 1. The Morgan fingerprint density at radius 3 is 2.82 bits per heavy atom. The van der Waals surface area contributed by atoms with E-state index in [1.807, 2.05) is 25.1 Å². The van der Waals surface area contributed by atoms with E-state index in [0.29, 0.717) is 37.1 Å². The van der Waals surface area contributed by atoms with Gasteiger partial charge in [-0.05, 0) is 49.8 Å². The summed E-state index contributed by atoms with van der Waals surface area (Å²) in [6.45, 7) is 4.79. The molecule has 7 nitrogen and oxygen atoms in total. The van der Waals surface area contributed by atoms with Crippen molar-refractivity contribution in [3.05, 3.63) is 35.4 Å². The van der Waals surface area contributed by atoms with E-state index in [1.165, 1.54) is 12.8 Å². The average Bonchev–Trinajstić information content (AvgIpc) is 3.50. The first-order chi connectivity index (χ1) is 13.1. The molecule has 1 aliphatic rings. The van der Waals surface area contributed by atoms with Gasteiger partial charge in [0.05, 0.1) is 19.3 Å². The zero-order chi connectivity index (χ0) is 19.5. The number of aliphatic hydroxyl groups excluding tert-OH is 1. The second kappa shape index (κ2) is 13.7. The molecule has 1 aromatic carbocycles. The van der Waals surface area contributed by atoms with Crippen molar-refractivity contribution in [2.24, 2.45) is 10.9 Å². The van der Waals surface area contributed by atoms with Gasteiger partial charge in [0.15, 0.2) is 5.96 Å². The molecule has 0 radical (unpaired) electrons. The number of benzene rings is 1. The maximum absolute atomic E-state index is 11.7. The van der Waals surface area contributed by atoms with Crippen LogP contribution in [0.1, 0.15) is 35.7 Å². The lowest BCUT2D eigenvalue weighted by molar-refractivity contribution is 0.0368. The van der Waals surface area contributed by atoms with Crippen LogP contribution >= 0.6 is 24.0 Å². The molecule has 28 heavy (non-hydrogen) atoms. The fourth-order valence-electron chi connectivity index (χ4n) is 2.58. The van der Waals surface area contributed by atoms with Gasteiger partial charge < -0.3 is 25.8 Å². The number of aliphatic imine (C=N–C) groups is 1. The third kappa shape index (κ3) is 9.70. The molecule has 0 aliphatic heterocycles. The number of hydrogen-bond donors (Lipinski definition) is 4. The van der Waals surface area contributed by atoms with E-state index in [-0.39, 0.29) is 29.9 Å². The van der Waals surface area contributed by atoms with Crippen LogP contribution in [0.4, 0.5) is 0 Å². The summed E-state index contributed by atoms with van der Waals surface area (Å²) in [5.41, 5.74) is 1.73. The van der Waals surface area contributed by atoms with Gasteiger partial charge in [-0.25, -0.2) is 0 Å². The number of rotatable bonds is 11. The molecular formula is C20H33IN4O3. The van der Waals surface area contributed by atoms with E-state index in [9.17, 15) is 9.90 Å². The minimum atomic E-state index is -0.594. The SMILES string of the molecule is CCNC(=NCC(O)COCC1CC1)NCCc1cccc(C(=O)NC)c1.I. The fourth-order valence-corrected chi connectivity index (χ4v) is 2.58. The summed E-state index contributed by atoms with van der Waals surface area (Å²) >= 11 is 0. The highest BCUT2D eigenvalue weighted by molar-refractivity contribution is 14.0. The number of hydrogen-bond acceptors (Lipinski definition) is 4. The van der Waals surface area contributed by atoms with Crippen molar-refractivity contribution < 1.29 is 14.6 Å². The van der Waals surface area contributed by atoms with E-state index >= 15 is 0 Å². The molecule has 0 bridgehead atoms. The van der Waals surface area contributed by atoms with Gasteiger partial charge >= 0.3 is 0 Å². The predicted octanol–water partition coefficient (Wildman–Crippen LogP) is 1.55. The molecule has 0 spiro atoms. The van der Waals surface area contributed by atoms with Crippen LogP contribution in [0.25, 0.3) is 0 Å². The molecule has 0 saturated heterocycles. The van der Waals surface area contributed by atoms with Crippen molar-refractivity contribution in [2.75, 3.05) is 39.9 Å². The molecule has 2 rings (SSSR count). The van der Waals surface area contributed by atoms with Gasteiger partial charge in [-0.2, -0.15) is 0 Å². The molecule has 0 heterocycles. The monoisotopic (exact) mass is 504 g/mol. The zero-order valence-corrected chi connectivity index (χ0v) is 19.1. The second-order valence-electron chi connectivity index (χ2n) is 6.81. The lowest BCUT2D eigenvalue weighted by Crippen LogP contribution is -2.39. The maximum Gasteiger partial charge on any atom is 0.251 e. The molecule has 8 heteroatoms. The summed E-state index contributed by atoms with van der Waals surface area (Å²) < 4.78 is 5.50. The van der Waals surface area contributed by atoms with Crippen molar-refractivity contribution in [1.29, 1.82) is 0 Å². The van der Waals surface area contributed by atoms with Crippen LogP contribution in [-0.4, -0.2) is 63.0 Å². The molecule has 1 fully saturated rings. The normalized spacial score (nSPS) is 14.8. The lowest BCUT2D eigenvalue weighted by Gasteiger charge is -2.13. The number of halogens is 1. The van der Waals surface area contributed by atoms with Crippen LogP contribution < -0.4 is 16.0 Å². The molecule has 1 aliphatic carbocycles. The van der Waals surface area contributed by atoms with E-state index in [4.69, 9.17) is 4.74 Å². The molecular weight excluding hydrogens is 471 g/mol. The largest absolute Gasteiger partial charge is 0.389 e. The predicted molar refractivity (Wildman–Crippen MR) is 122 cm³/mol. The number of aliphatic hydroxyl groups is 1. The first-order valence-corrected chi connectivity index (χ1v) is 9.71. The smallest absolute Gasteiger partial charge is 0.251 e. The topological polar surface area (TPSA) is 95.0 Å². The van der Waals surface area contributed by atoms with E-state index in [0.717, 1.165) is 25.1 Å². The Kier molecular flexibility index (Phi) is 12.1. The van der Waals surface area contributed by atoms with Crippen molar-refractivity contribution in [3.8, 4) is 0 Å². The third-order valence-electron chi connectivity index (χ3n) is 4.29. The summed E-state index contributed by atoms with van der Waals surface area (Å²) in [5.74, 6) is 1.28. The first-order valence-electron chi connectivity index (χ1n) is 9.71. The first kappa shape index (κ1) is 24.6. The zero-order valence-electron chi connectivity index (χ0n) is 16.7. The Balaban J connectivity index is 0.00000392. The van der Waals surface area contributed by atoms with Crippen LogP contribution in [0.2, 0.25) is 0 Å². The fraction of sp³-hybridized carbons (Fsp3) is 0.600. The van der Waals surface area contributed by atoms with Crippen molar-refractivity contribution in [1.82, 2.24) is 16.0 Å². The molecule has 0 aromatic heterocycles. The second-order valence-corrected chi connectivity index (χ2v) is 6.81. The van der Waals surface area contributed by atoms with Gasteiger partial charge in [0.25, 0.3) is 5.91 Å². The molecule has 1 saturated carbocycles. The number of nitrogens with zero attached hydrogens (tertiary/aromatic N) is 1. The highest BCUT2D eigenvalue weighted by Gasteiger charge is 2.21. The van der Waals surface area contributed by atoms with Crippen molar-refractivity contribution >= 4 is 35.8 Å². The quantitative estimate of drug-likeness (QED) is 0.209. The van der Waals surface area contributed by atoms with Crippen LogP contribution in [-0.2, 0) is 11.2 Å².